The molecule has 2 aromatic heterocycles. The molecule has 8 heteroatoms. The van der Waals surface area contributed by atoms with E-state index in [0.717, 1.165) is 11.1 Å². The van der Waals surface area contributed by atoms with Crippen LogP contribution >= 0.6 is 0 Å². The molecule has 1 amide bonds. The number of hydrazine groups is 1. The van der Waals surface area contributed by atoms with E-state index in [-0.39, 0.29) is 5.69 Å². The van der Waals surface area contributed by atoms with Crippen molar-refractivity contribution >= 4 is 11.7 Å². The van der Waals surface area contributed by atoms with Gasteiger partial charge < -0.3 is 11.2 Å². The zero-order valence-electron chi connectivity index (χ0n) is 11.2. The predicted molar refractivity (Wildman–Crippen MR) is 77.7 cm³/mol. The van der Waals surface area contributed by atoms with Crippen molar-refractivity contribution in [2.75, 3.05) is 0 Å². The molecule has 21 heavy (non-hydrogen) atoms. The highest BCUT2D eigenvalue weighted by Gasteiger charge is 2.05. The van der Waals surface area contributed by atoms with Gasteiger partial charge in [-0.25, -0.2) is 5.84 Å². The van der Waals surface area contributed by atoms with E-state index in [2.05, 4.69) is 20.5 Å². The Bertz CT molecular complexity index is 642. The molecule has 2 rings (SSSR count). The summed E-state index contributed by atoms with van der Waals surface area (Å²) < 4.78 is 0. The summed E-state index contributed by atoms with van der Waals surface area (Å²) in [7, 11) is 0. The molecule has 8 nitrogen and oxygen atoms in total. The quantitative estimate of drug-likeness (QED) is 0.192. The molecular weight excluding hydrogens is 270 g/mol. The van der Waals surface area contributed by atoms with Gasteiger partial charge in [0.25, 0.3) is 5.91 Å². The maximum atomic E-state index is 11.4. The number of nitrogen functional groups attached to an aromatic ring is 1. The first kappa shape index (κ1) is 14.4. The number of hydrogen-bond donors (Lipinski definition) is 4. The van der Waals surface area contributed by atoms with Crippen LogP contribution in [0.2, 0.25) is 0 Å². The van der Waals surface area contributed by atoms with Crippen molar-refractivity contribution in [1.29, 1.82) is 0 Å². The van der Waals surface area contributed by atoms with E-state index in [1.54, 1.807) is 36.7 Å². The molecule has 0 bridgehead atoms. The highest BCUT2D eigenvalue weighted by atomic mass is 16.2. The number of aromatic nitrogens is 2. The number of carbonyl (C=O) groups is 1. The van der Waals surface area contributed by atoms with Crippen LogP contribution in [0, 0.1) is 0 Å². The second-order valence-electron chi connectivity index (χ2n) is 4.09. The van der Waals surface area contributed by atoms with Gasteiger partial charge in [0.15, 0.2) is 5.84 Å². The monoisotopic (exact) mass is 285 g/mol. The maximum absolute atomic E-state index is 11.4. The average molecular weight is 285 g/mol. The Morgan fingerprint density at radius 2 is 2.00 bits per heavy atom. The van der Waals surface area contributed by atoms with Gasteiger partial charge in [-0.3, -0.25) is 20.2 Å². The molecule has 0 unspecified atom stereocenters. The highest BCUT2D eigenvalue weighted by Crippen LogP contribution is 2.02. The minimum atomic E-state index is -0.448. The largest absolute Gasteiger partial charge is 0.382 e. The second-order valence-corrected chi connectivity index (χ2v) is 4.09. The number of hydrazone groups is 1. The molecule has 2 heterocycles. The summed E-state index contributed by atoms with van der Waals surface area (Å²) in [6.45, 7) is 0.402. The number of pyridine rings is 2. The Labute approximate surface area is 121 Å². The summed E-state index contributed by atoms with van der Waals surface area (Å²) in [6, 6.07) is 6.90. The van der Waals surface area contributed by atoms with Gasteiger partial charge in [-0.15, -0.1) is 0 Å². The molecule has 6 N–H and O–H groups in total. The van der Waals surface area contributed by atoms with E-state index < -0.39 is 5.91 Å². The van der Waals surface area contributed by atoms with E-state index in [9.17, 15) is 4.79 Å². The zero-order valence-corrected chi connectivity index (χ0v) is 11.2. The van der Waals surface area contributed by atoms with Gasteiger partial charge in [-0.1, -0.05) is 0 Å². The standard InChI is InChI=1S/C13H15N7O/c14-12(10-2-4-16-5-3-10)20-18-8-9-1-6-17-11(7-9)13(21)19-15/h1-7,18H,8,15H2,(H2,14,20)(H,19,21). The van der Waals surface area contributed by atoms with Crippen LogP contribution in [0.5, 0.6) is 0 Å². The zero-order chi connectivity index (χ0) is 15.1. The molecule has 2 aromatic rings. The summed E-state index contributed by atoms with van der Waals surface area (Å²) >= 11 is 0. The second kappa shape index (κ2) is 6.96. The fourth-order valence-corrected chi connectivity index (χ4v) is 1.59. The van der Waals surface area contributed by atoms with E-state index in [4.69, 9.17) is 11.6 Å². The van der Waals surface area contributed by atoms with Crippen LogP contribution in [0.4, 0.5) is 0 Å². The minimum Gasteiger partial charge on any atom is -0.382 e. The van der Waals surface area contributed by atoms with Crippen LogP contribution in [0.3, 0.4) is 0 Å². The molecule has 0 aliphatic carbocycles. The van der Waals surface area contributed by atoms with Crippen molar-refractivity contribution in [2.24, 2.45) is 16.7 Å². The fraction of sp³-hybridized carbons (Fsp3) is 0.0769. The molecule has 0 saturated heterocycles. The van der Waals surface area contributed by atoms with Gasteiger partial charge in [0.05, 0.1) is 6.54 Å². The van der Waals surface area contributed by atoms with E-state index in [1.165, 1.54) is 6.20 Å². The molecule has 0 aliphatic heterocycles. The van der Waals surface area contributed by atoms with Gasteiger partial charge in [0.2, 0.25) is 0 Å². The highest BCUT2D eigenvalue weighted by molar-refractivity contribution is 5.97. The van der Waals surface area contributed by atoms with Crippen LogP contribution < -0.4 is 22.4 Å². The lowest BCUT2D eigenvalue weighted by atomic mass is 10.2. The van der Waals surface area contributed by atoms with Crippen molar-refractivity contribution in [3.63, 3.8) is 0 Å². The summed E-state index contributed by atoms with van der Waals surface area (Å²) in [5.41, 5.74) is 12.5. The summed E-state index contributed by atoms with van der Waals surface area (Å²) in [4.78, 5) is 19.2. The first-order chi connectivity index (χ1) is 10.2. The van der Waals surface area contributed by atoms with Gasteiger partial charge in [-0.05, 0) is 29.8 Å². The van der Waals surface area contributed by atoms with Crippen LogP contribution in [0.1, 0.15) is 21.6 Å². The predicted octanol–water partition coefficient (Wildman–Crippen LogP) is -0.510. The van der Waals surface area contributed by atoms with Crippen molar-refractivity contribution < 1.29 is 4.79 Å². The van der Waals surface area contributed by atoms with Crippen LogP contribution in [0.15, 0.2) is 48.0 Å². The van der Waals surface area contributed by atoms with Gasteiger partial charge in [0, 0.05) is 24.2 Å². The lowest BCUT2D eigenvalue weighted by Crippen LogP contribution is -2.30. The minimum absolute atomic E-state index is 0.239. The van der Waals surface area contributed by atoms with Crippen LogP contribution in [-0.2, 0) is 6.54 Å². The van der Waals surface area contributed by atoms with Crippen LogP contribution in [0.25, 0.3) is 0 Å². The molecular formula is C13H15N7O. The molecule has 108 valence electrons. The Morgan fingerprint density at radius 1 is 1.24 bits per heavy atom. The SMILES string of the molecule is NNC(=O)c1cc(CNN=C(N)c2ccncc2)ccn1. The number of carbonyl (C=O) groups excluding carboxylic acids is 1. The number of nitrogens with two attached hydrogens (primary N) is 2. The number of hydrogen-bond acceptors (Lipinski definition) is 6. The van der Waals surface area contributed by atoms with Gasteiger partial charge in [0.1, 0.15) is 5.69 Å². The summed E-state index contributed by atoms with van der Waals surface area (Å²) in [5, 5.41) is 4.06. The Kier molecular flexibility index (Phi) is 4.78. The number of amidine groups is 1. The lowest BCUT2D eigenvalue weighted by molar-refractivity contribution is 0.0948. The van der Waals surface area contributed by atoms with Crippen molar-refractivity contribution in [3.05, 3.63) is 59.7 Å². The van der Waals surface area contributed by atoms with Crippen LogP contribution in [-0.4, -0.2) is 21.7 Å². The number of rotatable bonds is 5. The van der Waals surface area contributed by atoms with E-state index in [1.807, 2.05) is 5.43 Å². The van der Waals surface area contributed by atoms with Crippen molar-refractivity contribution in [3.8, 4) is 0 Å². The number of nitrogens with zero attached hydrogens (tertiary/aromatic N) is 3. The topological polar surface area (TPSA) is 131 Å². The van der Waals surface area contributed by atoms with E-state index in [0.29, 0.717) is 12.4 Å². The molecule has 0 radical (unpaired) electrons. The fourth-order valence-electron chi connectivity index (χ4n) is 1.59. The Hall–Kier alpha value is -3.00. The summed E-state index contributed by atoms with van der Waals surface area (Å²) in [5.74, 6) is 4.97. The van der Waals surface area contributed by atoms with Crippen molar-refractivity contribution in [1.82, 2.24) is 20.8 Å². The third-order valence-corrected chi connectivity index (χ3v) is 2.65. The Balaban J connectivity index is 1.99. The van der Waals surface area contributed by atoms with E-state index >= 15 is 0 Å². The first-order valence-electron chi connectivity index (χ1n) is 6.13. The maximum Gasteiger partial charge on any atom is 0.283 e. The molecule has 0 aliphatic rings. The first-order valence-corrected chi connectivity index (χ1v) is 6.13. The number of nitrogens with one attached hydrogen (secondary N) is 2. The molecule has 0 atom stereocenters. The lowest BCUT2D eigenvalue weighted by Gasteiger charge is -2.05. The third-order valence-electron chi connectivity index (χ3n) is 2.65. The Morgan fingerprint density at radius 3 is 2.71 bits per heavy atom. The normalized spacial score (nSPS) is 11.0. The molecule has 0 fully saturated rings. The molecule has 0 spiro atoms. The molecule has 0 aromatic carbocycles. The van der Waals surface area contributed by atoms with Gasteiger partial charge in [-0.2, -0.15) is 5.10 Å². The molecule has 0 saturated carbocycles. The summed E-state index contributed by atoms with van der Waals surface area (Å²) in [6.07, 6.45) is 4.80. The number of amides is 1. The smallest absolute Gasteiger partial charge is 0.283 e. The average Bonchev–Trinajstić information content (AvgIpc) is 2.55. The third kappa shape index (κ3) is 3.98. The van der Waals surface area contributed by atoms with Gasteiger partial charge >= 0.3 is 0 Å². The van der Waals surface area contributed by atoms with Crippen molar-refractivity contribution in [2.45, 2.75) is 6.54 Å².